The van der Waals surface area contributed by atoms with Gasteiger partial charge in [0.05, 0.1) is 12.7 Å². The second kappa shape index (κ2) is 8.72. The minimum Gasteiger partial charge on any atom is -0.390 e. The monoisotopic (exact) mass is 298 g/mol. The number of benzene rings is 2. The SMILES string of the molecule is CC(C)CC(O)C(OCCc1ccccc1)c1ccccc1. The summed E-state index contributed by atoms with van der Waals surface area (Å²) >= 11 is 0. The van der Waals surface area contributed by atoms with Gasteiger partial charge in [0.1, 0.15) is 6.10 Å². The lowest BCUT2D eigenvalue weighted by molar-refractivity contribution is -0.0460. The summed E-state index contributed by atoms with van der Waals surface area (Å²) in [6.07, 6.45) is 0.870. The highest BCUT2D eigenvalue weighted by Crippen LogP contribution is 2.25. The van der Waals surface area contributed by atoms with E-state index in [1.807, 2.05) is 48.5 Å². The van der Waals surface area contributed by atoms with Crippen molar-refractivity contribution in [2.45, 2.75) is 38.9 Å². The minimum atomic E-state index is -0.474. The molecule has 2 atom stereocenters. The van der Waals surface area contributed by atoms with Crippen molar-refractivity contribution in [3.63, 3.8) is 0 Å². The van der Waals surface area contributed by atoms with E-state index in [1.54, 1.807) is 0 Å². The Balaban J connectivity index is 1.98. The van der Waals surface area contributed by atoms with E-state index in [9.17, 15) is 5.11 Å². The molecule has 22 heavy (non-hydrogen) atoms. The van der Waals surface area contributed by atoms with Crippen LogP contribution in [0.1, 0.15) is 37.5 Å². The van der Waals surface area contributed by atoms with Crippen LogP contribution in [0.25, 0.3) is 0 Å². The van der Waals surface area contributed by atoms with Crippen LogP contribution in [0.5, 0.6) is 0 Å². The largest absolute Gasteiger partial charge is 0.390 e. The maximum Gasteiger partial charge on any atom is 0.108 e. The van der Waals surface area contributed by atoms with Crippen molar-refractivity contribution in [3.05, 3.63) is 71.8 Å². The standard InChI is InChI=1S/C20H26O2/c1-16(2)15-19(21)20(18-11-7-4-8-12-18)22-14-13-17-9-5-3-6-10-17/h3-12,16,19-21H,13-15H2,1-2H3. The van der Waals surface area contributed by atoms with Crippen LogP contribution >= 0.6 is 0 Å². The molecule has 0 fully saturated rings. The zero-order chi connectivity index (χ0) is 15.8. The zero-order valence-corrected chi connectivity index (χ0v) is 13.5. The number of rotatable bonds is 8. The normalized spacial score (nSPS) is 14.0. The Morgan fingerprint density at radius 3 is 2.09 bits per heavy atom. The molecule has 0 radical (unpaired) electrons. The molecule has 2 nitrogen and oxygen atoms in total. The fourth-order valence-corrected chi connectivity index (χ4v) is 2.63. The van der Waals surface area contributed by atoms with E-state index < -0.39 is 6.10 Å². The third-order valence-corrected chi connectivity index (χ3v) is 3.72. The van der Waals surface area contributed by atoms with Gasteiger partial charge in [0, 0.05) is 0 Å². The van der Waals surface area contributed by atoms with Crippen LogP contribution in [0.3, 0.4) is 0 Å². The van der Waals surface area contributed by atoms with Crippen molar-refractivity contribution in [2.75, 3.05) is 6.61 Å². The molecule has 0 aliphatic carbocycles. The highest BCUT2D eigenvalue weighted by Gasteiger charge is 2.22. The Bertz CT molecular complexity index is 522. The fourth-order valence-electron chi connectivity index (χ4n) is 2.63. The molecular weight excluding hydrogens is 272 g/mol. The van der Waals surface area contributed by atoms with E-state index in [-0.39, 0.29) is 6.10 Å². The smallest absolute Gasteiger partial charge is 0.108 e. The predicted octanol–water partition coefficient (Wildman–Crippen LogP) is 4.39. The summed E-state index contributed by atoms with van der Waals surface area (Å²) in [5.74, 6) is 0.443. The van der Waals surface area contributed by atoms with Crippen LogP contribution in [-0.4, -0.2) is 17.8 Å². The van der Waals surface area contributed by atoms with E-state index in [0.29, 0.717) is 12.5 Å². The van der Waals surface area contributed by atoms with E-state index in [1.165, 1.54) is 5.56 Å². The summed E-state index contributed by atoms with van der Waals surface area (Å²) in [7, 11) is 0. The first-order valence-corrected chi connectivity index (χ1v) is 8.05. The highest BCUT2D eigenvalue weighted by atomic mass is 16.5. The molecule has 0 heterocycles. The lowest BCUT2D eigenvalue weighted by atomic mass is 9.97. The summed E-state index contributed by atoms with van der Waals surface area (Å²) in [5.41, 5.74) is 2.30. The lowest BCUT2D eigenvalue weighted by Crippen LogP contribution is -2.24. The number of aliphatic hydroxyl groups is 1. The quantitative estimate of drug-likeness (QED) is 0.783. The van der Waals surface area contributed by atoms with Gasteiger partial charge in [-0.3, -0.25) is 0 Å². The molecule has 0 amide bonds. The molecule has 2 aromatic carbocycles. The molecule has 0 bridgehead atoms. The van der Waals surface area contributed by atoms with Crippen molar-refractivity contribution in [1.82, 2.24) is 0 Å². The van der Waals surface area contributed by atoms with Gasteiger partial charge in [0.2, 0.25) is 0 Å². The van der Waals surface area contributed by atoms with Crippen LogP contribution in [-0.2, 0) is 11.2 Å². The molecule has 118 valence electrons. The molecule has 0 spiro atoms. The Morgan fingerprint density at radius 2 is 1.50 bits per heavy atom. The number of ether oxygens (including phenoxy) is 1. The van der Waals surface area contributed by atoms with Gasteiger partial charge in [-0.2, -0.15) is 0 Å². The summed E-state index contributed by atoms with van der Waals surface area (Å²) < 4.78 is 6.04. The molecule has 2 heteroatoms. The van der Waals surface area contributed by atoms with Gasteiger partial charge in [-0.25, -0.2) is 0 Å². The molecule has 0 saturated heterocycles. The minimum absolute atomic E-state index is 0.257. The third kappa shape index (κ3) is 5.28. The van der Waals surface area contributed by atoms with Crippen LogP contribution in [0.4, 0.5) is 0 Å². The van der Waals surface area contributed by atoms with Crippen molar-refractivity contribution in [2.24, 2.45) is 5.92 Å². The van der Waals surface area contributed by atoms with Crippen molar-refractivity contribution in [3.8, 4) is 0 Å². The average Bonchev–Trinajstić information content (AvgIpc) is 2.52. The molecule has 1 N–H and O–H groups in total. The number of hydrogen-bond acceptors (Lipinski definition) is 2. The first kappa shape index (κ1) is 16.7. The van der Waals surface area contributed by atoms with E-state index >= 15 is 0 Å². The first-order valence-electron chi connectivity index (χ1n) is 8.05. The Labute approximate surface area is 133 Å². The summed E-state index contributed by atoms with van der Waals surface area (Å²) in [6, 6.07) is 20.3. The molecule has 2 aromatic rings. The van der Waals surface area contributed by atoms with E-state index in [2.05, 4.69) is 26.0 Å². The zero-order valence-electron chi connectivity index (χ0n) is 13.5. The van der Waals surface area contributed by atoms with Crippen molar-refractivity contribution < 1.29 is 9.84 Å². The Morgan fingerprint density at radius 1 is 0.909 bits per heavy atom. The summed E-state index contributed by atoms with van der Waals surface area (Å²) in [4.78, 5) is 0. The van der Waals surface area contributed by atoms with Gasteiger partial charge in [0.15, 0.2) is 0 Å². The molecule has 0 aromatic heterocycles. The van der Waals surface area contributed by atoms with E-state index in [0.717, 1.165) is 18.4 Å². The van der Waals surface area contributed by atoms with Gasteiger partial charge >= 0.3 is 0 Å². The lowest BCUT2D eigenvalue weighted by Gasteiger charge is -2.25. The van der Waals surface area contributed by atoms with Gasteiger partial charge in [-0.1, -0.05) is 74.5 Å². The predicted molar refractivity (Wildman–Crippen MR) is 90.7 cm³/mol. The van der Waals surface area contributed by atoms with Gasteiger partial charge in [-0.05, 0) is 29.9 Å². The first-order chi connectivity index (χ1) is 10.7. The topological polar surface area (TPSA) is 29.5 Å². The van der Waals surface area contributed by atoms with Gasteiger partial charge < -0.3 is 9.84 Å². The Hall–Kier alpha value is -1.64. The maximum atomic E-state index is 10.5. The highest BCUT2D eigenvalue weighted by molar-refractivity contribution is 5.19. The molecule has 0 saturated carbocycles. The second-order valence-corrected chi connectivity index (χ2v) is 6.13. The van der Waals surface area contributed by atoms with Crippen molar-refractivity contribution >= 4 is 0 Å². The molecule has 0 aliphatic heterocycles. The number of hydrogen-bond donors (Lipinski definition) is 1. The maximum absolute atomic E-state index is 10.5. The van der Waals surface area contributed by atoms with E-state index in [4.69, 9.17) is 4.74 Å². The Kier molecular flexibility index (Phi) is 6.63. The molecule has 0 aliphatic rings. The summed E-state index contributed by atoms with van der Waals surface area (Å²) in [5, 5.41) is 10.5. The third-order valence-electron chi connectivity index (χ3n) is 3.72. The van der Waals surface area contributed by atoms with Crippen molar-refractivity contribution in [1.29, 1.82) is 0 Å². The molecule has 2 rings (SSSR count). The van der Waals surface area contributed by atoms with Crippen LogP contribution in [0.15, 0.2) is 60.7 Å². The summed E-state index contributed by atoms with van der Waals surface area (Å²) in [6.45, 7) is 4.85. The fraction of sp³-hybridized carbons (Fsp3) is 0.400. The number of aliphatic hydroxyl groups excluding tert-OH is 1. The van der Waals surface area contributed by atoms with Crippen LogP contribution in [0, 0.1) is 5.92 Å². The second-order valence-electron chi connectivity index (χ2n) is 6.13. The van der Waals surface area contributed by atoms with Gasteiger partial charge in [-0.15, -0.1) is 0 Å². The van der Waals surface area contributed by atoms with Crippen LogP contribution < -0.4 is 0 Å². The molecular formula is C20H26O2. The average molecular weight is 298 g/mol. The molecule has 2 unspecified atom stereocenters. The van der Waals surface area contributed by atoms with Gasteiger partial charge in [0.25, 0.3) is 0 Å². The van der Waals surface area contributed by atoms with Crippen LogP contribution in [0.2, 0.25) is 0 Å².